The van der Waals surface area contributed by atoms with Gasteiger partial charge in [0.1, 0.15) is 5.82 Å². The third kappa shape index (κ3) is 3.85. The van der Waals surface area contributed by atoms with Gasteiger partial charge in [-0.05, 0) is 55.0 Å². The molecule has 25 heavy (non-hydrogen) atoms. The van der Waals surface area contributed by atoms with Gasteiger partial charge in [-0.15, -0.1) is 0 Å². The van der Waals surface area contributed by atoms with Gasteiger partial charge in [-0.25, -0.2) is 12.8 Å². The van der Waals surface area contributed by atoms with Crippen LogP contribution in [-0.2, 0) is 16.6 Å². The minimum absolute atomic E-state index is 0.0402. The summed E-state index contributed by atoms with van der Waals surface area (Å²) < 4.78 is 40.7. The second kappa shape index (κ2) is 7.03. The lowest BCUT2D eigenvalue weighted by atomic mass is 10.2. The van der Waals surface area contributed by atoms with Crippen LogP contribution in [0, 0.1) is 12.7 Å². The average molecular weight is 356 g/mol. The van der Waals surface area contributed by atoms with E-state index < -0.39 is 15.8 Å². The van der Waals surface area contributed by atoms with Crippen molar-refractivity contribution in [1.29, 1.82) is 0 Å². The van der Waals surface area contributed by atoms with Gasteiger partial charge in [0, 0.05) is 12.4 Å². The molecule has 0 atom stereocenters. The van der Waals surface area contributed by atoms with Crippen molar-refractivity contribution >= 4 is 15.7 Å². The van der Waals surface area contributed by atoms with Gasteiger partial charge in [-0.2, -0.15) is 0 Å². The second-order valence-electron chi connectivity index (χ2n) is 5.66. The first-order valence-electron chi connectivity index (χ1n) is 7.71. The van der Waals surface area contributed by atoms with Gasteiger partial charge in [0.2, 0.25) is 0 Å². The van der Waals surface area contributed by atoms with Crippen molar-refractivity contribution in [1.82, 2.24) is 4.98 Å². The van der Waals surface area contributed by atoms with E-state index in [0.29, 0.717) is 5.69 Å². The molecule has 0 N–H and O–H groups in total. The Morgan fingerprint density at radius 2 is 1.68 bits per heavy atom. The van der Waals surface area contributed by atoms with Crippen LogP contribution in [0.25, 0.3) is 0 Å². The van der Waals surface area contributed by atoms with Gasteiger partial charge >= 0.3 is 0 Å². The van der Waals surface area contributed by atoms with E-state index in [9.17, 15) is 12.8 Å². The number of rotatable bonds is 5. The number of hydrogen-bond acceptors (Lipinski definition) is 3. The molecule has 128 valence electrons. The van der Waals surface area contributed by atoms with E-state index in [1.54, 1.807) is 30.6 Å². The fourth-order valence-corrected chi connectivity index (χ4v) is 3.87. The smallest absolute Gasteiger partial charge is 0.264 e. The maximum absolute atomic E-state index is 13.2. The zero-order chi connectivity index (χ0) is 17.9. The van der Waals surface area contributed by atoms with Crippen LogP contribution < -0.4 is 4.31 Å². The van der Waals surface area contributed by atoms with Crippen LogP contribution in [0.4, 0.5) is 10.1 Å². The summed E-state index contributed by atoms with van der Waals surface area (Å²) in [5.74, 6) is -0.479. The number of sulfonamides is 1. The number of anilines is 1. The SMILES string of the molecule is Cc1ccc(N(Cc2cccnc2)S(=O)(=O)c2ccc(F)cc2)cc1. The van der Waals surface area contributed by atoms with Gasteiger partial charge in [0.15, 0.2) is 0 Å². The van der Waals surface area contributed by atoms with Crippen LogP contribution in [0.1, 0.15) is 11.1 Å². The second-order valence-corrected chi connectivity index (χ2v) is 7.52. The number of nitrogens with zero attached hydrogens (tertiary/aromatic N) is 2. The Bertz CT molecular complexity index is 941. The van der Waals surface area contributed by atoms with E-state index >= 15 is 0 Å². The Morgan fingerprint density at radius 3 is 2.28 bits per heavy atom. The first-order valence-corrected chi connectivity index (χ1v) is 9.15. The van der Waals surface area contributed by atoms with Crippen molar-refractivity contribution < 1.29 is 12.8 Å². The Morgan fingerprint density at radius 1 is 1.00 bits per heavy atom. The van der Waals surface area contributed by atoms with Crippen LogP contribution in [-0.4, -0.2) is 13.4 Å². The van der Waals surface area contributed by atoms with Crippen LogP contribution >= 0.6 is 0 Å². The molecule has 0 amide bonds. The molecule has 3 aromatic rings. The highest BCUT2D eigenvalue weighted by molar-refractivity contribution is 7.92. The van der Waals surface area contributed by atoms with Crippen molar-refractivity contribution in [2.45, 2.75) is 18.4 Å². The molecule has 0 fully saturated rings. The van der Waals surface area contributed by atoms with Crippen LogP contribution in [0.3, 0.4) is 0 Å². The molecule has 0 aliphatic heterocycles. The number of pyridine rings is 1. The highest BCUT2D eigenvalue weighted by Crippen LogP contribution is 2.26. The summed E-state index contributed by atoms with van der Waals surface area (Å²) in [6.45, 7) is 2.07. The first kappa shape index (κ1) is 17.1. The topological polar surface area (TPSA) is 50.3 Å². The van der Waals surface area contributed by atoms with Crippen molar-refractivity contribution in [3.63, 3.8) is 0 Å². The minimum atomic E-state index is -3.84. The molecule has 3 rings (SSSR count). The molecular formula is C19H17FN2O2S. The summed E-state index contributed by atoms with van der Waals surface area (Å²) in [4.78, 5) is 4.08. The van der Waals surface area contributed by atoms with Gasteiger partial charge < -0.3 is 0 Å². The molecule has 1 heterocycles. The van der Waals surface area contributed by atoms with E-state index in [2.05, 4.69) is 4.98 Å². The summed E-state index contributed by atoms with van der Waals surface area (Å²) in [6, 6.07) is 15.6. The predicted molar refractivity (Wildman–Crippen MR) is 95.2 cm³/mol. The number of benzene rings is 2. The van der Waals surface area contributed by atoms with Gasteiger partial charge in [-0.1, -0.05) is 23.8 Å². The zero-order valence-electron chi connectivity index (χ0n) is 13.6. The molecule has 0 aliphatic rings. The van der Waals surface area contributed by atoms with E-state index in [1.165, 1.54) is 16.4 Å². The van der Waals surface area contributed by atoms with Crippen molar-refractivity contribution in [2.75, 3.05) is 4.31 Å². The number of aromatic nitrogens is 1. The summed E-state index contributed by atoms with van der Waals surface area (Å²) in [6.07, 6.45) is 3.26. The minimum Gasteiger partial charge on any atom is -0.264 e. The zero-order valence-corrected chi connectivity index (χ0v) is 14.4. The molecule has 0 saturated carbocycles. The third-order valence-electron chi connectivity index (χ3n) is 3.77. The number of halogens is 1. The molecule has 0 aliphatic carbocycles. The van der Waals surface area contributed by atoms with Gasteiger partial charge in [0.05, 0.1) is 17.1 Å². The fourth-order valence-electron chi connectivity index (χ4n) is 2.42. The Hall–Kier alpha value is -2.73. The molecule has 0 spiro atoms. The quantitative estimate of drug-likeness (QED) is 0.696. The van der Waals surface area contributed by atoms with Crippen molar-refractivity contribution in [3.05, 3.63) is 90.0 Å². The monoisotopic (exact) mass is 356 g/mol. The maximum Gasteiger partial charge on any atom is 0.264 e. The Kier molecular flexibility index (Phi) is 4.81. The summed E-state index contributed by atoms with van der Waals surface area (Å²) in [7, 11) is -3.84. The predicted octanol–water partition coefficient (Wildman–Crippen LogP) is 3.92. The molecular weight excluding hydrogens is 339 g/mol. The molecule has 1 aromatic heterocycles. The van der Waals surface area contributed by atoms with Crippen molar-refractivity contribution in [2.24, 2.45) is 0 Å². The van der Waals surface area contributed by atoms with E-state index in [0.717, 1.165) is 23.3 Å². The lowest BCUT2D eigenvalue weighted by molar-refractivity contribution is 0.589. The van der Waals surface area contributed by atoms with Crippen LogP contribution in [0.2, 0.25) is 0 Å². The molecule has 4 nitrogen and oxygen atoms in total. The lowest BCUT2D eigenvalue weighted by Gasteiger charge is -2.24. The Balaban J connectivity index is 2.06. The molecule has 6 heteroatoms. The van der Waals surface area contributed by atoms with Crippen LogP contribution in [0.5, 0.6) is 0 Å². The lowest BCUT2D eigenvalue weighted by Crippen LogP contribution is -2.30. The molecule has 0 bridgehead atoms. The fraction of sp³-hybridized carbons (Fsp3) is 0.105. The third-order valence-corrected chi connectivity index (χ3v) is 5.56. The molecule has 0 radical (unpaired) electrons. The largest absolute Gasteiger partial charge is 0.264 e. The number of hydrogen-bond donors (Lipinski definition) is 0. The average Bonchev–Trinajstić information content (AvgIpc) is 2.62. The Labute approximate surface area is 146 Å². The molecule has 0 saturated heterocycles. The number of aryl methyl sites for hydroxylation is 1. The normalized spacial score (nSPS) is 11.3. The molecule has 0 unspecified atom stereocenters. The van der Waals surface area contributed by atoms with Gasteiger partial charge in [-0.3, -0.25) is 9.29 Å². The first-order chi connectivity index (χ1) is 12.0. The van der Waals surface area contributed by atoms with E-state index in [1.807, 2.05) is 25.1 Å². The maximum atomic E-state index is 13.2. The van der Waals surface area contributed by atoms with E-state index in [4.69, 9.17) is 0 Å². The van der Waals surface area contributed by atoms with E-state index in [-0.39, 0.29) is 11.4 Å². The summed E-state index contributed by atoms with van der Waals surface area (Å²) in [5.41, 5.74) is 2.33. The van der Waals surface area contributed by atoms with Crippen molar-refractivity contribution in [3.8, 4) is 0 Å². The molecule has 2 aromatic carbocycles. The van der Waals surface area contributed by atoms with Gasteiger partial charge in [0.25, 0.3) is 10.0 Å². The summed E-state index contributed by atoms with van der Waals surface area (Å²) >= 11 is 0. The standard InChI is InChI=1S/C19H17FN2O2S/c1-15-4-8-18(9-5-15)22(14-16-3-2-12-21-13-16)25(23,24)19-10-6-17(20)7-11-19/h2-13H,14H2,1H3. The summed E-state index contributed by atoms with van der Waals surface area (Å²) in [5, 5.41) is 0. The van der Waals surface area contributed by atoms with Crippen LogP contribution in [0.15, 0.2) is 78.0 Å². The highest BCUT2D eigenvalue weighted by atomic mass is 32.2. The highest BCUT2D eigenvalue weighted by Gasteiger charge is 2.25.